The third-order valence-electron chi connectivity index (χ3n) is 3.28. The zero-order valence-electron chi connectivity index (χ0n) is 10.8. The fourth-order valence-electron chi connectivity index (χ4n) is 2.20. The van der Waals surface area contributed by atoms with E-state index in [0.717, 1.165) is 33.2 Å². The van der Waals surface area contributed by atoms with E-state index in [-0.39, 0.29) is 0 Å². The molecule has 0 aliphatic rings. The number of benzene rings is 2. The number of fused-ring (bicyclic) bond motifs is 1. The molecule has 0 bridgehead atoms. The molecule has 0 aliphatic carbocycles. The molecule has 0 spiro atoms. The Balaban J connectivity index is 1.92. The lowest BCUT2D eigenvalue weighted by molar-refractivity contribution is 1.14. The second kappa shape index (κ2) is 5.51. The van der Waals surface area contributed by atoms with E-state index in [1.807, 2.05) is 42.6 Å². The number of nitrogens with zero attached hydrogens (tertiary/aromatic N) is 1. The van der Waals surface area contributed by atoms with E-state index in [1.54, 1.807) is 6.20 Å². The second-order valence-electron chi connectivity index (χ2n) is 4.57. The smallest absolute Gasteiger partial charge is 0.0439 e. The fraction of sp³-hybridized carbons (Fsp3) is 0.0625. The number of pyridine rings is 1. The molecule has 3 nitrogen and oxygen atoms in total. The Labute approximate surface area is 126 Å². The van der Waals surface area contributed by atoms with E-state index >= 15 is 0 Å². The number of anilines is 2. The molecule has 1 heterocycles. The normalized spacial score (nSPS) is 10.7. The molecule has 0 aliphatic heterocycles. The highest BCUT2D eigenvalue weighted by Gasteiger charge is 2.05. The number of nitrogens with one attached hydrogen (secondary N) is 1. The van der Waals surface area contributed by atoms with Gasteiger partial charge in [0.25, 0.3) is 0 Å². The number of nitrogen functional groups attached to an aromatic ring is 1. The molecule has 3 aromatic rings. The van der Waals surface area contributed by atoms with Gasteiger partial charge in [0.15, 0.2) is 0 Å². The minimum Gasteiger partial charge on any atom is -0.398 e. The highest BCUT2D eigenvalue weighted by atomic mass is 79.9. The lowest BCUT2D eigenvalue weighted by Crippen LogP contribution is -2.01. The Morgan fingerprint density at radius 2 is 1.90 bits per heavy atom. The Kier molecular flexibility index (Phi) is 3.56. The van der Waals surface area contributed by atoms with Crippen molar-refractivity contribution in [1.82, 2.24) is 4.98 Å². The van der Waals surface area contributed by atoms with Crippen LogP contribution in [0.2, 0.25) is 0 Å². The summed E-state index contributed by atoms with van der Waals surface area (Å²) in [6.07, 6.45) is 3.60. The molecule has 4 heteroatoms. The second-order valence-corrected chi connectivity index (χ2v) is 5.42. The standard InChI is InChI=1S/C16H14BrN3/c17-14-4-2-1-3-11(14)9-20-16-6-5-15(18)12-7-8-19-10-13(12)16/h1-8,10,20H,9,18H2. The van der Waals surface area contributed by atoms with Crippen molar-refractivity contribution in [2.75, 3.05) is 11.1 Å². The maximum atomic E-state index is 5.99. The van der Waals surface area contributed by atoms with E-state index < -0.39 is 0 Å². The van der Waals surface area contributed by atoms with Crippen molar-refractivity contribution in [3.05, 3.63) is 64.9 Å². The van der Waals surface area contributed by atoms with Crippen molar-refractivity contribution in [3.63, 3.8) is 0 Å². The van der Waals surface area contributed by atoms with Gasteiger partial charge in [-0.15, -0.1) is 0 Å². The van der Waals surface area contributed by atoms with Gasteiger partial charge in [-0.3, -0.25) is 4.98 Å². The maximum absolute atomic E-state index is 5.99. The summed E-state index contributed by atoms with van der Waals surface area (Å²) in [4.78, 5) is 4.18. The maximum Gasteiger partial charge on any atom is 0.0439 e. The van der Waals surface area contributed by atoms with Crippen LogP contribution >= 0.6 is 15.9 Å². The molecule has 2 aromatic carbocycles. The zero-order chi connectivity index (χ0) is 13.9. The Bertz CT molecular complexity index is 756. The van der Waals surface area contributed by atoms with Gasteiger partial charge in [0.1, 0.15) is 0 Å². The zero-order valence-corrected chi connectivity index (χ0v) is 12.4. The van der Waals surface area contributed by atoms with Crippen LogP contribution in [0.15, 0.2) is 59.3 Å². The number of aromatic nitrogens is 1. The molecule has 0 amide bonds. The summed E-state index contributed by atoms with van der Waals surface area (Å²) < 4.78 is 1.10. The first-order valence-electron chi connectivity index (χ1n) is 6.35. The van der Waals surface area contributed by atoms with Crippen LogP contribution in [0.3, 0.4) is 0 Å². The number of rotatable bonds is 3. The van der Waals surface area contributed by atoms with Crippen LogP contribution in [0.4, 0.5) is 11.4 Å². The van der Waals surface area contributed by atoms with Crippen LogP contribution in [0.25, 0.3) is 10.8 Å². The largest absolute Gasteiger partial charge is 0.398 e. The molecule has 0 atom stereocenters. The highest BCUT2D eigenvalue weighted by Crippen LogP contribution is 2.28. The lowest BCUT2D eigenvalue weighted by atomic mass is 10.1. The molecule has 0 fully saturated rings. The summed E-state index contributed by atoms with van der Waals surface area (Å²) in [5.41, 5.74) is 9.01. The minimum absolute atomic E-state index is 0.745. The third-order valence-corrected chi connectivity index (χ3v) is 4.05. The van der Waals surface area contributed by atoms with Crippen LogP contribution < -0.4 is 11.1 Å². The average Bonchev–Trinajstić information content (AvgIpc) is 2.48. The Morgan fingerprint density at radius 1 is 1.05 bits per heavy atom. The number of hydrogen-bond acceptors (Lipinski definition) is 3. The van der Waals surface area contributed by atoms with Crippen molar-refractivity contribution in [3.8, 4) is 0 Å². The molecule has 0 saturated carbocycles. The molecular formula is C16H14BrN3. The van der Waals surface area contributed by atoms with Crippen molar-refractivity contribution in [1.29, 1.82) is 0 Å². The first kappa shape index (κ1) is 12.9. The van der Waals surface area contributed by atoms with E-state index in [2.05, 4.69) is 32.3 Å². The van der Waals surface area contributed by atoms with Gasteiger partial charge in [-0.25, -0.2) is 0 Å². The van der Waals surface area contributed by atoms with E-state index in [0.29, 0.717) is 0 Å². The van der Waals surface area contributed by atoms with Crippen LogP contribution in [0.1, 0.15) is 5.56 Å². The summed E-state index contributed by atoms with van der Waals surface area (Å²) in [7, 11) is 0. The number of hydrogen-bond donors (Lipinski definition) is 2. The van der Waals surface area contributed by atoms with Crippen molar-refractivity contribution in [2.24, 2.45) is 0 Å². The molecule has 0 saturated heterocycles. The topological polar surface area (TPSA) is 50.9 Å². The molecule has 100 valence electrons. The average molecular weight is 328 g/mol. The van der Waals surface area contributed by atoms with E-state index in [9.17, 15) is 0 Å². The number of nitrogens with two attached hydrogens (primary N) is 1. The predicted molar refractivity (Wildman–Crippen MR) is 87.6 cm³/mol. The molecule has 0 radical (unpaired) electrons. The third kappa shape index (κ3) is 2.47. The van der Waals surface area contributed by atoms with Gasteiger partial charge in [-0.1, -0.05) is 34.1 Å². The minimum atomic E-state index is 0.745. The van der Waals surface area contributed by atoms with E-state index in [4.69, 9.17) is 5.73 Å². The van der Waals surface area contributed by atoms with Gasteiger partial charge in [0.05, 0.1) is 0 Å². The lowest BCUT2D eigenvalue weighted by Gasteiger charge is -2.12. The summed E-state index contributed by atoms with van der Waals surface area (Å²) in [5, 5.41) is 5.51. The first-order chi connectivity index (χ1) is 9.75. The summed E-state index contributed by atoms with van der Waals surface area (Å²) >= 11 is 3.56. The first-order valence-corrected chi connectivity index (χ1v) is 7.14. The highest BCUT2D eigenvalue weighted by molar-refractivity contribution is 9.10. The van der Waals surface area contributed by atoms with Crippen LogP contribution in [0, 0.1) is 0 Å². The molecule has 3 rings (SSSR count). The summed E-state index contributed by atoms with van der Waals surface area (Å²) in [6.45, 7) is 0.745. The molecule has 0 unspecified atom stereocenters. The van der Waals surface area contributed by atoms with Crippen LogP contribution in [-0.2, 0) is 6.54 Å². The molecule has 1 aromatic heterocycles. The Hall–Kier alpha value is -2.07. The van der Waals surface area contributed by atoms with Crippen molar-refractivity contribution >= 4 is 38.1 Å². The monoisotopic (exact) mass is 327 g/mol. The predicted octanol–water partition coefficient (Wildman–Crippen LogP) is 4.19. The van der Waals surface area contributed by atoms with Gasteiger partial charge in [-0.05, 0) is 29.8 Å². The van der Waals surface area contributed by atoms with Gasteiger partial charge in [0, 0.05) is 45.6 Å². The van der Waals surface area contributed by atoms with Gasteiger partial charge in [-0.2, -0.15) is 0 Å². The molecular weight excluding hydrogens is 314 g/mol. The van der Waals surface area contributed by atoms with Crippen molar-refractivity contribution in [2.45, 2.75) is 6.54 Å². The van der Waals surface area contributed by atoms with Gasteiger partial charge >= 0.3 is 0 Å². The van der Waals surface area contributed by atoms with Crippen LogP contribution in [-0.4, -0.2) is 4.98 Å². The van der Waals surface area contributed by atoms with Gasteiger partial charge < -0.3 is 11.1 Å². The quantitative estimate of drug-likeness (QED) is 0.709. The van der Waals surface area contributed by atoms with Crippen LogP contribution in [0.5, 0.6) is 0 Å². The fourth-order valence-corrected chi connectivity index (χ4v) is 2.62. The van der Waals surface area contributed by atoms with Crippen molar-refractivity contribution < 1.29 is 0 Å². The summed E-state index contributed by atoms with van der Waals surface area (Å²) in [5.74, 6) is 0. The van der Waals surface area contributed by atoms with E-state index in [1.165, 1.54) is 5.56 Å². The summed E-state index contributed by atoms with van der Waals surface area (Å²) in [6, 6.07) is 14.0. The molecule has 3 N–H and O–H groups in total. The number of halogens is 1. The van der Waals surface area contributed by atoms with Gasteiger partial charge in [0.2, 0.25) is 0 Å². The molecule has 20 heavy (non-hydrogen) atoms. The SMILES string of the molecule is Nc1ccc(NCc2ccccc2Br)c2cnccc12. The Morgan fingerprint density at radius 3 is 2.75 bits per heavy atom.